The first-order chi connectivity index (χ1) is 11.1. The van der Waals surface area contributed by atoms with Crippen LogP contribution in [0.5, 0.6) is 11.6 Å². The largest absolute Gasteiger partial charge is 0.494 e. The predicted molar refractivity (Wildman–Crippen MR) is 82.7 cm³/mol. The van der Waals surface area contributed by atoms with Crippen LogP contribution in [0.3, 0.4) is 0 Å². The van der Waals surface area contributed by atoms with E-state index in [0.717, 1.165) is 0 Å². The Bertz CT molecular complexity index is 872. The molecule has 0 saturated heterocycles. The Morgan fingerprint density at radius 2 is 2.04 bits per heavy atom. The van der Waals surface area contributed by atoms with E-state index in [-0.39, 0.29) is 17.6 Å². The maximum Gasteiger partial charge on any atom is 0.247 e. The molecule has 0 fully saturated rings. The highest BCUT2D eigenvalue weighted by Gasteiger charge is 2.13. The summed E-state index contributed by atoms with van der Waals surface area (Å²) in [7, 11) is 1.41. The van der Waals surface area contributed by atoms with E-state index in [1.165, 1.54) is 25.4 Å². The third-order valence-corrected chi connectivity index (χ3v) is 3.12. The number of hydrogen-bond donors (Lipinski definition) is 1. The fourth-order valence-electron chi connectivity index (χ4n) is 2.10. The summed E-state index contributed by atoms with van der Waals surface area (Å²) < 4.78 is 24.2. The first-order valence-electron chi connectivity index (χ1n) is 6.89. The Kier molecular flexibility index (Phi) is 3.88. The molecule has 0 aliphatic rings. The zero-order valence-corrected chi connectivity index (χ0v) is 12.6. The van der Waals surface area contributed by atoms with Gasteiger partial charge in [0.05, 0.1) is 25.6 Å². The number of benzene rings is 1. The van der Waals surface area contributed by atoms with Gasteiger partial charge in [-0.25, -0.2) is 14.4 Å². The van der Waals surface area contributed by atoms with E-state index in [9.17, 15) is 4.39 Å². The average molecular weight is 315 g/mol. The molecule has 0 amide bonds. The van der Waals surface area contributed by atoms with Crippen LogP contribution in [0.4, 0.5) is 10.3 Å². The number of nitrogens with zero attached hydrogens (tertiary/aromatic N) is 4. The number of ether oxygens (including phenoxy) is 2. The van der Waals surface area contributed by atoms with Crippen molar-refractivity contribution in [3.05, 3.63) is 30.2 Å². The van der Waals surface area contributed by atoms with Crippen molar-refractivity contribution in [2.75, 3.05) is 19.5 Å². The second-order valence-electron chi connectivity index (χ2n) is 4.60. The van der Waals surface area contributed by atoms with Gasteiger partial charge in [-0.15, -0.1) is 0 Å². The molecule has 3 rings (SSSR count). The van der Waals surface area contributed by atoms with Gasteiger partial charge < -0.3 is 15.2 Å². The molecule has 3 aromatic rings. The maximum atomic E-state index is 13.9. The van der Waals surface area contributed by atoms with Crippen LogP contribution in [0.1, 0.15) is 6.92 Å². The number of anilines is 1. The van der Waals surface area contributed by atoms with Crippen LogP contribution in [-0.4, -0.2) is 33.7 Å². The molecule has 0 aliphatic heterocycles. The van der Waals surface area contributed by atoms with E-state index in [1.807, 2.05) is 6.92 Å². The van der Waals surface area contributed by atoms with Gasteiger partial charge in [-0.05, 0) is 25.1 Å². The molecule has 1 aromatic carbocycles. The number of rotatable bonds is 4. The van der Waals surface area contributed by atoms with Gasteiger partial charge in [0.25, 0.3) is 0 Å². The number of nitrogens with two attached hydrogens (primary N) is 1. The van der Waals surface area contributed by atoms with Gasteiger partial charge >= 0.3 is 0 Å². The van der Waals surface area contributed by atoms with Gasteiger partial charge in [-0.2, -0.15) is 9.97 Å². The third-order valence-electron chi connectivity index (χ3n) is 3.12. The van der Waals surface area contributed by atoms with Crippen molar-refractivity contribution in [3.63, 3.8) is 0 Å². The van der Waals surface area contributed by atoms with E-state index in [2.05, 4.69) is 19.9 Å². The Balaban J connectivity index is 2.14. The lowest BCUT2D eigenvalue weighted by molar-refractivity contribution is 0.330. The van der Waals surface area contributed by atoms with E-state index >= 15 is 0 Å². The van der Waals surface area contributed by atoms with Gasteiger partial charge in [-0.3, -0.25) is 0 Å². The molecule has 0 saturated carbocycles. The van der Waals surface area contributed by atoms with Crippen molar-refractivity contribution in [2.24, 2.45) is 0 Å². The molecular weight excluding hydrogens is 301 g/mol. The molecular formula is C15H14FN5O2. The maximum absolute atomic E-state index is 13.9. The molecule has 7 nitrogen and oxygen atoms in total. The van der Waals surface area contributed by atoms with Gasteiger partial charge in [0.1, 0.15) is 0 Å². The highest BCUT2D eigenvalue weighted by Crippen LogP contribution is 2.27. The molecule has 0 unspecified atom stereocenters. The van der Waals surface area contributed by atoms with Crippen LogP contribution in [0.25, 0.3) is 22.4 Å². The molecule has 23 heavy (non-hydrogen) atoms. The molecule has 2 N–H and O–H groups in total. The van der Waals surface area contributed by atoms with Crippen LogP contribution >= 0.6 is 0 Å². The van der Waals surface area contributed by atoms with Crippen LogP contribution < -0.4 is 15.2 Å². The number of methoxy groups -OCH3 is 1. The first kappa shape index (κ1) is 14.9. The van der Waals surface area contributed by atoms with Crippen molar-refractivity contribution >= 4 is 17.1 Å². The second kappa shape index (κ2) is 5.99. The van der Waals surface area contributed by atoms with E-state index in [4.69, 9.17) is 15.2 Å². The first-order valence-corrected chi connectivity index (χ1v) is 6.89. The fraction of sp³-hybridized carbons (Fsp3) is 0.200. The van der Waals surface area contributed by atoms with Gasteiger partial charge in [0, 0.05) is 5.56 Å². The minimum atomic E-state index is -0.481. The lowest BCUT2D eigenvalue weighted by Gasteiger charge is -2.08. The van der Waals surface area contributed by atoms with Crippen molar-refractivity contribution in [1.29, 1.82) is 0 Å². The summed E-state index contributed by atoms with van der Waals surface area (Å²) >= 11 is 0. The average Bonchev–Trinajstić information content (AvgIpc) is 2.54. The summed E-state index contributed by atoms with van der Waals surface area (Å²) in [6, 6.07) is 4.54. The standard InChI is InChI=1S/C15H14FN5O2/c1-3-23-14-12-13(20-15(17)21-14)18-7-10(19-12)8-4-5-11(22-2)9(16)6-8/h4-7H,3H2,1-2H3,(H2,17,18,20,21). The van der Waals surface area contributed by atoms with Gasteiger partial charge in [0.15, 0.2) is 22.7 Å². The molecule has 0 radical (unpaired) electrons. The van der Waals surface area contributed by atoms with Crippen molar-refractivity contribution in [1.82, 2.24) is 19.9 Å². The van der Waals surface area contributed by atoms with Crippen LogP contribution in [0.15, 0.2) is 24.4 Å². The summed E-state index contributed by atoms with van der Waals surface area (Å²) in [5.41, 5.74) is 7.33. The van der Waals surface area contributed by atoms with Gasteiger partial charge in [-0.1, -0.05) is 0 Å². The van der Waals surface area contributed by atoms with Crippen molar-refractivity contribution in [3.8, 4) is 22.9 Å². The number of halogens is 1. The van der Waals surface area contributed by atoms with E-state index in [1.54, 1.807) is 6.07 Å². The number of nitrogen functional groups attached to an aromatic ring is 1. The summed E-state index contributed by atoms with van der Waals surface area (Å²) in [4.78, 5) is 16.7. The lowest BCUT2D eigenvalue weighted by atomic mass is 10.1. The van der Waals surface area contributed by atoms with Crippen molar-refractivity contribution < 1.29 is 13.9 Å². The summed E-state index contributed by atoms with van der Waals surface area (Å²) in [5, 5.41) is 0. The zero-order valence-electron chi connectivity index (χ0n) is 12.6. The Labute approximate surface area is 131 Å². The molecule has 8 heteroatoms. The van der Waals surface area contributed by atoms with Crippen LogP contribution in [0.2, 0.25) is 0 Å². The fourth-order valence-corrected chi connectivity index (χ4v) is 2.10. The molecule has 2 aromatic heterocycles. The SMILES string of the molecule is CCOc1nc(N)nc2ncc(-c3ccc(OC)c(F)c3)nc12. The van der Waals surface area contributed by atoms with E-state index < -0.39 is 5.82 Å². The molecule has 0 aliphatic carbocycles. The number of aromatic nitrogens is 4. The number of hydrogen-bond acceptors (Lipinski definition) is 7. The third kappa shape index (κ3) is 2.83. The van der Waals surface area contributed by atoms with Crippen LogP contribution in [-0.2, 0) is 0 Å². The Morgan fingerprint density at radius 1 is 1.22 bits per heavy atom. The molecule has 0 bridgehead atoms. The summed E-state index contributed by atoms with van der Waals surface area (Å²) in [6.45, 7) is 2.22. The highest BCUT2D eigenvalue weighted by molar-refractivity contribution is 5.79. The Hall–Kier alpha value is -3.03. The molecule has 0 spiro atoms. The lowest BCUT2D eigenvalue weighted by Crippen LogP contribution is -2.04. The predicted octanol–water partition coefficient (Wildman–Crippen LogP) is 2.22. The smallest absolute Gasteiger partial charge is 0.247 e. The van der Waals surface area contributed by atoms with Crippen molar-refractivity contribution in [2.45, 2.75) is 6.92 Å². The van der Waals surface area contributed by atoms with Crippen LogP contribution in [0, 0.1) is 5.82 Å². The highest BCUT2D eigenvalue weighted by atomic mass is 19.1. The number of fused-ring (bicyclic) bond motifs is 1. The molecule has 0 atom stereocenters. The van der Waals surface area contributed by atoms with Gasteiger partial charge in [0.2, 0.25) is 11.8 Å². The molecule has 118 valence electrons. The normalized spacial score (nSPS) is 10.7. The summed E-state index contributed by atoms with van der Waals surface area (Å²) in [5.74, 6) is -0.0177. The quantitative estimate of drug-likeness (QED) is 0.788. The monoisotopic (exact) mass is 315 g/mol. The van der Waals surface area contributed by atoms with E-state index in [0.29, 0.717) is 29.0 Å². The molecule has 2 heterocycles. The Morgan fingerprint density at radius 3 is 2.74 bits per heavy atom. The topological polar surface area (TPSA) is 96.0 Å². The minimum absolute atomic E-state index is 0.0542. The zero-order chi connectivity index (χ0) is 16.4. The second-order valence-corrected chi connectivity index (χ2v) is 4.60. The minimum Gasteiger partial charge on any atom is -0.494 e. The summed E-state index contributed by atoms with van der Waals surface area (Å²) in [6.07, 6.45) is 1.49.